The lowest BCUT2D eigenvalue weighted by Gasteiger charge is -2.23. The molecule has 0 amide bonds. The summed E-state index contributed by atoms with van der Waals surface area (Å²) in [5, 5.41) is 4.63. The molecule has 0 bridgehead atoms. The van der Waals surface area contributed by atoms with Crippen molar-refractivity contribution in [2.24, 2.45) is 7.05 Å². The Morgan fingerprint density at radius 1 is 1.47 bits per heavy atom. The van der Waals surface area contributed by atoms with E-state index in [1.807, 2.05) is 0 Å². The summed E-state index contributed by atoms with van der Waals surface area (Å²) in [5.74, 6) is 0.718. The Hall–Kier alpha value is -1.69. The van der Waals surface area contributed by atoms with Crippen LogP contribution in [0.3, 0.4) is 0 Å². The van der Waals surface area contributed by atoms with Crippen molar-refractivity contribution in [3.05, 3.63) is 22.4 Å². The summed E-state index contributed by atoms with van der Waals surface area (Å²) >= 11 is 0. The quantitative estimate of drug-likeness (QED) is 0.896. The number of fused-ring (bicyclic) bond motifs is 1. The summed E-state index contributed by atoms with van der Waals surface area (Å²) in [6.07, 6.45) is 6.66. The van der Waals surface area contributed by atoms with Crippen LogP contribution in [0.4, 0.5) is 0 Å². The number of aromatic amines is 1. The lowest BCUT2D eigenvalue weighted by Crippen LogP contribution is -2.30. The van der Waals surface area contributed by atoms with Crippen molar-refractivity contribution in [2.75, 3.05) is 7.05 Å². The van der Waals surface area contributed by atoms with Crippen LogP contribution >= 0.6 is 0 Å². The van der Waals surface area contributed by atoms with Gasteiger partial charge < -0.3 is 4.98 Å². The zero-order chi connectivity index (χ0) is 13.4. The van der Waals surface area contributed by atoms with Crippen LogP contribution in [0.5, 0.6) is 0 Å². The number of rotatable bonds is 3. The largest absolute Gasteiger partial charge is 0.309 e. The molecule has 19 heavy (non-hydrogen) atoms. The monoisotopic (exact) mass is 261 g/mol. The van der Waals surface area contributed by atoms with Gasteiger partial charge in [-0.25, -0.2) is 4.98 Å². The highest BCUT2D eigenvalue weighted by molar-refractivity contribution is 5.72. The van der Waals surface area contributed by atoms with E-state index in [-0.39, 0.29) is 5.56 Å². The van der Waals surface area contributed by atoms with Gasteiger partial charge in [-0.2, -0.15) is 5.10 Å². The molecule has 6 nitrogen and oxygen atoms in total. The lowest BCUT2D eigenvalue weighted by atomic mass is 10.2. The second-order valence-electron chi connectivity index (χ2n) is 5.37. The lowest BCUT2D eigenvalue weighted by molar-refractivity contribution is 0.232. The Labute approximate surface area is 111 Å². The van der Waals surface area contributed by atoms with Crippen LogP contribution < -0.4 is 5.56 Å². The van der Waals surface area contributed by atoms with E-state index in [9.17, 15) is 4.79 Å². The van der Waals surface area contributed by atoms with E-state index in [1.165, 1.54) is 25.7 Å². The number of nitrogens with one attached hydrogen (secondary N) is 1. The van der Waals surface area contributed by atoms with Gasteiger partial charge in [0.15, 0.2) is 5.65 Å². The highest BCUT2D eigenvalue weighted by Gasteiger charge is 2.20. The summed E-state index contributed by atoms with van der Waals surface area (Å²) in [6, 6.07) is 0.618. The standard InChI is InChI=1S/C13H19N5O/c1-17(9-5-3-4-6-9)8-11-15-12-10(13(19)16-11)7-14-18(12)2/h7,9H,3-6,8H2,1-2H3,(H,15,16,19). The van der Waals surface area contributed by atoms with E-state index < -0.39 is 0 Å². The Kier molecular flexibility index (Phi) is 3.10. The molecule has 0 spiro atoms. The molecule has 3 rings (SSSR count). The molecule has 2 aromatic heterocycles. The van der Waals surface area contributed by atoms with E-state index >= 15 is 0 Å². The van der Waals surface area contributed by atoms with Crippen LogP contribution in [0, 0.1) is 0 Å². The summed E-state index contributed by atoms with van der Waals surface area (Å²) in [7, 11) is 3.91. The number of hydrogen-bond acceptors (Lipinski definition) is 4. The van der Waals surface area contributed by atoms with Crippen LogP contribution in [-0.4, -0.2) is 37.7 Å². The maximum absolute atomic E-state index is 11.9. The SMILES string of the molecule is CN(Cc1nc2c(cnn2C)c(=O)[nH]1)C1CCCC1. The molecule has 1 saturated carbocycles. The summed E-state index contributed by atoms with van der Waals surface area (Å²) in [5.41, 5.74) is 0.548. The van der Waals surface area contributed by atoms with Crippen LogP contribution in [0.2, 0.25) is 0 Å². The molecule has 1 fully saturated rings. The summed E-state index contributed by atoms with van der Waals surface area (Å²) in [6.45, 7) is 0.682. The van der Waals surface area contributed by atoms with Gasteiger partial charge in [-0.1, -0.05) is 12.8 Å². The highest BCUT2D eigenvalue weighted by Crippen LogP contribution is 2.23. The molecular formula is C13H19N5O. The Morgan fingerprint density at radius 2 is 2.21 bits per heavy atom. The third-order valence-corrected chi connectivity index (χ3v) is 4.00. The van der Waals surface area contributed by atoms with Crippen molar-refractivity contribution in [1.29, 1.82) is 0 Å². The number of nitrogens with zero attached hydrogens (tertiary/aromatic N) is 4. The van der Waals surface area contributed by atoms with Gasteiger partial charge in [0.05, 0.1) is 12.7 Å². The maximum atomic E-state index is 11.9. The van der Waals surface area contributed by atoms with Gasteiger partial charge in [0.2, 0.25) is 0 Å². The molecule has 0 atom stereocenters. The normalized spacial score (nSPS) is 16.8. The molecule has 1 aliphatic carbocycles. The predicted octanol–water partition coefficient (Wildman–Crippen LogP) is 1.03. The highest BCUT2D eigenvalue weighted by atomic mass is 16.1. The Bertz CT molecular complexity index is 638. The zero-order valence-corrected chi connectivity index (χ0v) is 11.4. The van der Waals surface area contributed by atoms with E-state index in [0.29, 0.717) is 23.6 Å². The van der Waals surface area contributed by atoms with Crippen molar-refractivity contribution >= 4 is 11.0 Å². The van der Waals surface area contributed by atoms with E-state index in [2.05, 4.69) is 27.0 Å². The van der Waals surface area contributed by atoms with Crippen LogP contribution in [-0.2, 0) is 13.6 Å². The minimum atomic E-state index is -0.104. The van der Waals surface area contributed by atoms with Crippen LogP contribution in [0.25, 0.3) is 11.0 Å². The van der Waals surface area contributed by atoms with Crippen molar-refractivity contribution < 1.29 is 0 Å². The Balaban J connectivity index is 1.88. The van der Waals surface area contributed by atoms with Crippen LogP contribution in [0.15, 0.2) is 11.0 Å². The fourth-order valence-corrected chi connectivity index (χ4v) is 2.86. The van der Waals surface area contributed by atoms with Gasteiger partial charge in [-0.3, -0.25) is 14.4 Å². The first-order valence-corrected chi connectivity index (χ1v) is 6.76. The van der Waals surface area contributed by atoms with Gasteiger partial charge in [0.1, 0.15) is 11.2 Å². The molecular weight excluding hydrogens is 242 g/mol. The number of H-pyrrole nitrogens is 1. The molecule has 0 aliphatic heterocycles. The second-order valence-corrected chi connectivity index (χ2v) is 5.37. The van der Waals surface area contributed by atoms with Crippen LogP contribution in [0.1, 0.15) is 31.5 Å². The number of hydrogen-bond donors (Lipinski definition) is 1. The first-order valence-electron chi connectivity index (χ1n) is 6.76. The number of aryl methyl sites for hydroxylation is 1. The topological polar surface area (TPSA) is 66.8 Å². The minimum absolute atomic E-state index is 0.104. The van der Waals surface area contributed by atoms with Crippen molar-refractivity contribution in [3.63, 3.8) is 0 Å². The molecule has 0 aromatic carbocycles. The summed E-state index contributed by atoms with van der Waals surface area (Å²) < 4.78 is 1.64. The van der Waals surface area contributed by atoms with Gasteiger partial charge >= 0.3 is 0 Å². The molecule has 0 unspecified atom stereocenters. The van der Waals surface area contributed by atoms with E-state index in [4.69, 9.17) is 0 Å². The van der Waals surface area contributed by atoms with Gasteiger partial charge in [0, 0.05) is 13.1 Å². The Morgan fingerprint density at radius 3 is 2.95 bits per heavy atom. The smallest absolute Gasteiger partial charge is 0.262 e. The molecule has 0 radical (unpaired) electrons. The fraction of sp³-hybridized carbons (Fsp3) is 0.615. The minimum Gasteiger partial charge on any atom is -0.309 e. The van der Waals surface area contributed by atoms with Gasteiger partial charge in [-0.05, 0) is 19.9 Å². The molecule has 2 aromatic rings. The first-order chi connectivity index (χ1) is 9.15. The average Bonchev–Trinajstić information content (AvgIpc) is 3.00. The van der Waals surface area contributed by atoms with Gasteiger partial charge in [0.25, 0.3) is 5.56 Å². The summed E-state index contributed by atoms with van der Waals surface area (Å²) in [4.78, 5) is 21.6. The first kappa shape index (κ1) is 12.3. The molecule has 1 N–H and O–H groups in total. The van der Waals surface area contributed by atoms with Crippen molar-refractivity contribution in [2.45, 2.75) is 38.3 Å². The molecule has 0 saturated heterocycles. The van der Waals surface area contributed by atoms with Crippen molar-refractivity contribution in [1.82, 2.24) is 24.6 Å². The maximum Gasteiger partial charge on any atom is 0.262 e. The zero-order valence-electron chi connectivity index (χ0n) is 11.4. The predicted molar refractivity (Wildman–Crippen MR) is 72.9 cm³/mol. The fourth-order valence-electron chi connectivity index (χ4n) is 2.86. The molecule has 1 aliphatic rings. The molecule has 102 valence electrons. The molecule has 6 heteroatoms. The average molecular weight is 261 g/mol. The van der Waals surface area contributed by atoms with Gasteiger partial charge in [-0.15, -0.1) is 0 Å². The van der Waals surface area contributed by atoms with E-state index in [0.717, 1.165) is 5.82 Å². The number of aromatic nitrogens is 4. The van der Waals surface area contributed by atoms with E-state index in [1.54, 1.807) is 17.9 Å². The third kappa shape index (κ3) is 2.28. The molecule has 2 heterocycles. The second kappa shape index (κ2) is 4.77. The van der Waals surface area contributed by atoms with Crippen molar-refractivity contribution in [3.8, 4) is 0 Å². The third-order valence-electron chi connectivity index (χ3n) is 4.00.